The van der Waals surface area contributed by atoms with Crippen LogP contribution in [-0.4, -0.2) is 31.4 Å². The van der Waals surface area contributed by atoms with Gasteiger partial charge >= 0.3 is 6.18 Å². The summed E-state index contributed by atoms with van der Waals surface area (Å²) in [5.41, 5.74) is 0. The average Bonchev–Trinajstić information content (AvgIpc) is 1.98. The van der Waals surface area contributed by atoms with Crippen molar-refractivity contribution >= 4 is 0 Å². The van der Waals surface area contributed by atoms with E-state index in [0.717, 1.165) is 0 Å². The molecule has 0 N–H and O–H groups in total. The summed E-state index contributed by atoms with van der Waals surface area (Å²) >= 11 is 0. The standard InChI is InChI=1S/C6H5F9/c7-2(3(8)5(11)12)1(4(9)10)6(13,14)15/h1-5H. The van der Waals surface area contributed by atoms with Crippen LogP contribution >= 0.6 is 0 Å². The van der Waals surface area contributed by atoms with Crippen molar-refractivity contribution in [1.29, 1.82) is 0 Å². The summed E-state index contributed by atoms with van der Waals surface area (Å²) in [6, 6.07) is 0. The highest BCUT2D eigenvalue weighted by Crippen LogP contribution is 2.37. The molecule has 0 heterocycles. The predicted molar refractivity (Wildman–Crippen MR) is 31.3 cm³/mol. The van der Waals surface area contributed by atoms with Crippen LogP contribution in [-0.2, 0) is 0 Å². The quantitative estimate of drug-likeness (QED) is 0.669. The number of hydrogen-bond acceptors (Lipinski definition) is 0. The van der Waals surface area contributed by atoms with Gasteiger partial charge in [-0.15, -0.1) is 0 Å². The summed E-state index contributed by atoms with van der Waals surface area (Å²) in [6.07, 6.45) is -22.0. The second-order valence-electron chi connectivity index (χ2n) is 2.63. The van der Waals surface area contributed by atoms with Gasteiger partial charge in [0.05, 0.1) is 0 Å². The molecule has 0 radical (unpaired) electrons. The second-order valence-corrected chi connectivity index (χ2v) is 2.63. The first-order chi connectivity index (χ1) is 6.59. The molecule has 0 aromatic rings. The van der Waals surface area contributed by atoms with Crippen molar-refractivity contribution in [3.63, 3.8) is 0 Å². The van der Waals surface area contributed by atoms with E-state index in [1.54, 1.807) is 0 Å². The molecule has 0 aromatic carbocycles. The molecule has 0 rings (SSSR count). The van der Waals surface area contributed by atoms with Crippen molar-refractivity contribution in [2.75, 3.05) is 0 Å². The summed E-state index contributed by atoms with van der Waals surface area (Å²) in [7, 11) is 0. The molecular weight excluding hydrogens is 243 g/mol. The normalized spacial score (nSPS) is 19.4. The molecule has 0 amide bonds. The van der Waals surface area contributed by atoms with Gasteiger partial charge in [0.1, 0.15) is 5.92 Å². The first-order valence-electron chi connectivity index (χ1n) is 3.50. The minimum absolute atomic E-state index is 3.88. The van der Waals surface area contributed by atoms with Crippen molar-refractivity contribution in [2.45, 2.75) is 31.4 Å². The maximum absolute atomic E-state index is 12.4. The van der Waals surface area contributed by atoms with Gasteiger partial charge in [-0.25, -0.2) is 26.3 Å². The molecule has 0 nitrogen and oxygen atoms in total. The lowest BCUT2D eigenvalue weighted by Gasteiger charge is -2.24. The van der Waals surface area contributed by atoms with Crippen LogP contribution in [0.15, 0.2) is 0 Å². The first kappa shape index (κ1) is 14.4. The summed E-state index contributed by atoms with van der Waals surface area (Å²) in [5, 5.41) is 0. The number of alkyl halides is 9. The van der Waals surface area contributed by atoms with Crippen molar-refractivity contribution < 1.29 is 39.5 Å². The van der Waals surface area contributed by atoms with Crippen LogP contribution in [0.25, 0.3) is 0 Å². The minimum Gasteiger partial charge on any atom is -0.243 e. The molecule has 0 aliphatic carbocycles. The molecule has 0 bridgehead atoms. The summed E-state index contributed by atoms with van der Waals surface area (Å²) in [6.45, 7) is 0. The van der Waals surface area contributed by atoms with E-state index in [4.69, 9.17) is 0 Å². The third-order valence-electron chi connectivity index (χ3n) is 1.54. The average molecular weight is 248 g/mol. The highest BCUT2D eigenvalue weighted by Gasteiger charge is 2.55. The summed E-state index contributed by atoms with van der Waals surface area (Å²) in [4.78, 5) is 0. The number of halogens is 9. The van der Waals surface area contributed by atoms with Crippen LogP contribution in [0.4, 0.5) is 39.5 Å². The molecule has 3 unspecified atom stereocenters. The topological polar surface area (TPSA) is 0 Å². The molecule has 92 valence electrons. The Hall–Kier alpha value is -0.630. The minimum atomic E-state index is -5.77. The molecule has 0 aliphatic heterocycles. The van der Waals surface area contributed by atoms with Gasteiger partial charge in [-0.1, -0.05) is 0 Å². The number of rotatable bonds is 4. The largest absolute Gasteiger partial charge is 0.400 e. The Morgan fingerprint density at radius 1 is 0.600 bits per heavy atom. The molecular formula is C6H5F9. The zero-order valence-electron chi connectivity index (χ0n) is 6.79. The third-order valence-corrected chi connectivity index (χ3v) is 1.54. The van der Waals surface area contributed by atoms with Gasteiger partial charge < -0.3 is 0 Å². The molecule has 0 saturated carbocycles. The van der Waals surface area contributed by atoms with E-state index < -0.39 is 37.3 Å². The van der Waals surface area contributed by atoms with E-state index in [2.05, 4.69) is 0 Å². The van der Waals surface area contributed by atoms with Crippen molar-refractivity contribution in [1.82, 2.24) is 0 Å². The highest BCUT2D eigenvalue weighted by molar-refractivity contribution is 4.84. The highest BCUT2D eigenvalue weighted by atomic mass is 19.4. The molecule has 0 fully saturated rings. The smallest absolute Gasteiger partial charge is 0.243 e. The van der Waals surface area contributed by atoms with E-state index in [1.165, 1.54) is 0 Å². The molecule has 0 aromatic heterocycles. The van der Waals surface area contributed by atoms with Gasteiger partial charge in [0.2, 0.25) is 0 Å². The van der Waals surface area contributed by atoms with Crippen LogP contribution in [0.5, 0.6) is 0 Å². The van der Waals surface area contributed by atoms with Gasteiger partial charge in [-0.05, 0) is 0 Å². The van der Waals surface area contributed by atoms with Crippen LogP contribution in [0.2, 0.25) is 0 Å². The predicted octanol–water partition coefficient (Wildman–Crippen LogP) is 3.37. The van der Waals surface area contributed by atoms with Gasteiger partial charge in [0.15, 0.2) is 12.3 Å². The zero-order valence-corrected chi connectivity index (χ0v) is 6.79. The molecule has 15 heavy (non-hydrogen) atoms. The lowest BCUT2D eigenvalue weighted by Crippen LogP contribution is -2.44. The van der Waals surface area contributed by atoms with E-state index in [0.29, 0.717) is 0 Å². The van der Waals surface area contributed by atoms with E-state index in [-0.39, 0.29) is 0 Å². The molecule has 0 spiro atoms. The van der Waals surface area contributed by atoms with Crippen molar-refractivity contribution in [2.24, 2.45) is 5.92 Å². The fourth-order valence-electron chi connectivity index (χ4n) is 0.799. The van der Waals surface area contributed by atoms with Gasteiger partial charge in [-0.3, -0.25) is 0 Å². The van der Waals surface area contributed by atoms with Gasteiger partial charge in [0.25, 0.3) is 12.9 Å². The van der Waals surface area contributed by atoms with Gasteiger partial charge in [-0.2, -0.15) is 13.2 Å². The van der Waals surface area contributed by atoms with E-state index in [1.807, 2.05) is 0 Å². The fourth-order valence-corrected chi connectivity index (χ4v) is 0.799. The molecule has 0 saturated heterocycles. The maximum atomic E-state index is 12.4. The van der Waals surface area contributed by atoms with Crippen LogP contribution in [0, 0.1) is 5.92 Å². The molecule has 0 aliphatic rings. The Bertz CT molecular complexity index is 186. The lowest BCUT2D eigenvalue weighted by molar-refractivity contribution is -0.234. The van der Waals surface area contributed by atoms with Crippen molar-refractivity contribution in [3.8, 4) is 0 Å². The van der Waals surface area contributed by atoms with Crippen LogP contribution in [0.1, 0.15) is 0 Å². The van der Waals surface area contributed by atoms with Crippen molar-refractivity contribution in [3.05, 3.63) is 0 Å². The molecule has 3 atom stereocenters. The second kappa shape index (κ2) is 4.93. The monoisotopic (exact) mass is 248 g/mol. The Morgan fingerprint density at radius 2 is 1.00 bits per heavy atom. The summed E-state index contributed by atoms with van der Waals surface area (Å²) in [5.74, 6) is -4.04. The maximum Gasteiger partial charge on any atom is 0.400 e. The SMILES string of the molecule is FC(F)C(F)C(F)C(C(F)F)C(F)(F)F. The Morgan fingerprint density at radius 3 is 1.20 bits per heavy atom. The third kappa shape index (κ3) is 3.78. The number of hydrogen-bond donors (Lipinski definition) is 0. The summed E-state index contributed by atoms with van der Waals surface area (Å²) < 4.78 is 106. The van der Waals surface area contributed by atoms with Gasteiger partial charge in [0, 0.05) is 0 Å². The van der Waals surface area contributed by atoms with E-state index in [9.17, 15) is 39.5 Å². The zero-order chi connectivity index (χ0) is 12.4. The van der Waals surface area contributed by atoms with Crippen LogP contribution in [0.3, 0.4) is 0 Å². The fraction of sp³-hybridized carbons (Fsp3) is 1.00. The Kier molecular flexibility index (Phi) is 4.72. The molecule has 9 heteroatoms. The lowest BCUT2D eigenvalue weighted by atomic mass is 10.00. The van der Waals surface area contributed by atoms with E-state index >= 15 is 0 Å². The Labute approximate surface area is 78.1 Å². The van der Waals surface area contributed by atoms with Crippen LogP contribution < -0.4 is 0 Å². The first-order valence-corrected chi connectivity index (χ1v) is 3.50. The Balaban J connectivity index is 4.79.